The number of thioether (sulfide) groups is 1. The lowest BCUT2D eigenvalue weighted by Gasteiger charge is -2.21. The Morgan fingerprint density at radius 1 is 1.11 bits per heavy atom. The molecule has 0 radical (unpaired) electrons. The Hall–Kier alpha value is -0.510. The van der Waals surface area contributed by atoms with E-state index in [4.69, 9.17) is 0 Å². The first kappa shape index (κ1) is 13.5. The van der Waals surface area contributed by atoms with Gasteiger partial charge in [0.1, 0.15) is 0 Å². The van der Waals surface area contributed by atoms with Crippen LogP contribution in [0.4, 0.5) is 0 Å². The van der Waals surface area contributed by atoms with Crippen molar-refractivity contribution < 1.29 is 0 Å². The van der Waals surface area contributed by atoms with Gasteiger partial charge >= 0.3 is 0 Å². The van der Waals surface area contributed by atoms with Gasteiger partial charge in [-0.3, -0.25) is 0 Å². The molecule has 2 heterocycles. The summed E-state index contributed by atoms with van der Waals surface area (Å²) in [5, 5.41) is 3.74. The van der Waals surface area contributed by atoms with Crippen LogP contribution in [0.3, 0.4) is 0 Å². The molecule has 2 nitrogen and oxygen atoms in total. The molecule has 1 aromatic carbocycles. The summed E-state index contributed by atoms with van der Waals surface area (Å²) in [6.45, 7) is 4.94. The maximum atomic E-state index is 3.74. The summed E-state index contributed by atoms with van der Waals surface area (Å²) in [5.74, 6) is 1.19. The van der Waals surface area contributed by atoms with Crippen LogP contribution in [0.2, 0.25) is 0 Å². The van der Waals surface area contributed by atoms with E-state index in [1.54, 1.807) is 0 Å². The Kier molecular flexibility index (Phi) is 4.81. The lowest BCUT2D eigenvalue weighted by Crippen LogP contribution is -2.34. The van der Waals surface area contributed by atoms with E-state index < -0.39 is 0 Å². The Morgan fingerprint density at radius 2 is 1.89 bits per heavy atom. The SMILES string of the molecule is c1ccc2c(c1)SCC2NCCN1CCCCCC1. The molecule has 0 saturated carbocycles. The zero-order valence-electron chi connectivity index (χ0n) is 11.6. The molecule has 0 bridgehead atoms. The smallest absolute Gasteiger partial charge is 0.0426 e. The highest BCUT2D eigenvalue weighted by atomic mass is 32.2. The number of rotatable bonds is 4. The summed E-state index contributed by atoms with van der Waals surface area (Å²) in [4.78, 5) is 4.10. The maximum Gasteiger partial charge on any atom is 0.0426 e. The fourth-order valence-electron chi connectivity index (χ4n) is 3.09. The van der Waals surface area contributed by atoms with Crippen LogP contribution < -0.4 is 5.32 Å². The van der Waals surface area contributed by atoms with Crippen LogP contribution in [0, 0.1) is 0 Å². The third-order valence-electron chi connectivity index (χ3n) is 4.22. The lowest BCUT2D eigenvalue weighted by molar-refractivity contribution is 0.281. The molecule has 2 aliphatic rings. The molecule has 0 spiro atoms. The van der Waals surface area contributed by atoms with Gasteiger partial charge in [0.25, 0.3) is 0 Å². The lowest BCUT2D eigenvalue weighted by atomic mass is 10.1. The van der Waals surface area contributed by atoms with Gasteiger partial charge in [0.2, 0.25) is 0 Å². The molecule has 19 heavy (non-hydrogen) atoms. The number of hydrogen-bond acceptors (Lipinski definition) is 3. The number of nitrogens with zero attached hydrogens (tertiary/aromatic N) is 1. The summed E-state index contributed by atoms with van der Waals surface area (Å²) in [6.07, 6.45) is 5.64. The average molecular weight is 276 g/mol. The maximum absolute atomic E-state index is 3.74. The van der Waals surface area contributed by atoms with Crippen molar-refractivity contribution in [2.45, 2.75) is 36.6 Å². The topological polar surface area (TPSA) is 15.3 Å². The zero-order valence-corrected chi connectivity index (χ0v) is 12.4. The van der Waals surface area contributed by atoms with Crippen molar-refractivity contribution >= 4 is 11.8 Å². The third-order valence-corrected chi connectivity index (χ3v) is 5.40. The molecule has 3 rings (SSSR count). The van der Waals surface area contributed by atoms with Crippen LogP contribution >= 0.6 is 11.8 Å². The molecule has 0 amide bonds. The average Bonchev–Trinajstić information content (AvgIpc) is 2.68. The normalized spacial score (nSPS) is 24.1. The van der Waals surface area contributed by atoms with Gasteiger partial charge in [-0.1, -0.05) is 31.0 Å². The molecule has 1 fully saturated rings. The summed E-state index contributed by atoms with van der Waals surface area (Å²) in [6, 6.07) is 9.39. The second-order valence-corrected chi connectivity index (χ2v) is 6.67. The van der Waals surface area contributed by atoms with Gasteiger partial charge in [-0.25, -0.2) is 0 Å². The Morgan fingerprint density at radius 3 is 2.74 bits per heavy atom. The minimum Gasteiger partial charge on any atom is -0.308 e. The number of hydrogen-bond donors (Lipinski definition) is 1. The molecule has 1 atom stereocenters. The van der Waals surface area contributed by atoms with E-state index in [-0.39, 0.29) is 0 Å². The van der Waals surface area contributed by atoms with Gasteiger partial charge in [0, 0.05) is 29.8 Å². The van der Waals surface area contributed by atoms with Gasteiger partial charge in [-0.05, 0) is 37.6 Å². The van der Waals surface area contributed by atoms with Crippen molar-refractivity contribution in [1.29, 1.82) is 0 Å². The monoisotopic (exact) mass is 276 g/mol. The molecule has 2 aliphatic heterocycles. The summed E-state index contributed by atoms with van der Waals surface area (Å²) >= 11 is 1.99. The quantitative estimate of drug-likeness (QED) is 0.908. The molecular formula is C16H24N2S. The van der Waals surface area contributed by atoms with E-state index in [0.29, 0.717) is 6.04 Å². The van der Waals surface area contributed by atoms with E-state index >= 15 is 0 Å². The van der Waals surface area contributed by atoms with E-state index in [1.165, 1.54) is 61.5 Å². The van der Waals surface area contributed by atoms with Crippen LogP contribution in [0.5, 0.6) is 0 Å². The van der Waals surface area contributed by atoms with Crippen molar-refractivity contribution in [1.82, 2.24) is 10.2 Å². The van der Waals surface area contributed by atoms with Gasteiger partial charge < -0.3 is 10.2 Å². The fraction of sp³-hybridized carbons (Fsp3) is 0.625. The van der Waals surface area contributed by atoms with Gasteiger partial charge in [0.15, 0.2) is 0 Å². The van der Waals surface area contributed by atoms with Crippen LogP contribution in [-0.2, 0) is 0 Å². The van der Waals surface area contributed by atoms with Crippen molar-refractivity contribution in [3.8, 4) is 0 Å². The van der Waals surface area contributed by atoms with Crippen molar-refractivity contribution in [3.05, 3.63) is 29.8 Å². The molecular weight excluding hydrogens is 252 g/mol. The first-order valence-corrected chi connectivity index (χ1v) is 8.59. The van der Waals surface area contributed by atoms with E-state index in [9.17, 15) is 0 Å². The van der Waals surface area contributed by atoms with Crippen molar-refractivity contribution in [3.63, 3.8) is 0 Å². The van der Waals surface area contributed by atoms with Crippen LogP contribution in [0.1, 0.15) is 37.3 Å². The predicted molar refractivity (Wildman–Crippen MR) is 82.8 cm³/mol. The minimum atomic E-state index is 0.563. The predicted octanol–water partition coefficient (Wildman–Crippen LogP) is 3.30. The first-order chi connectivity index (χ1) is 9.43. The van der Waals surface area contributed by atoms with Gasteiger partial charge in [-0.15, -0.1) is 11.8 Å². The highest BCUT2D eigenvalue weighted by Gasteiger charge is 2.21. The Bertz CT molecular complexity index is 399. The second kappa shape index (κ2) is 6.78. The molecule has 1 aromatic rings. The molecule has 1 N–H and O–H groups in total. The van der Waals surface area contributed by atoms with Gasteiger partial charge in [-0.2, -0.15) is 0 Å². The molecule has 3 heteroatoms. The molecule has 0 aliphatic carbocycles. The van der Waals surface area contributed by atoms with E-state index in [1.807, 2.05) is 11.8 Å². The molecule has 104 valence electrons. The van der Waals surface area contributed by atoms with Crippen molar-refractivity contribution in [2.24, 2.45) is 0 Å². The Balaban J connectivity index is 1.45. The number of nitrogens with one attached hydrogen (secondary N) is 1. The minimum absolute atomic E-state index is 0.563. The van der Waals surface area contributed by atoms with Crippen LogP contribution in [-0.4, -0.2) is 36.8 Å². The summed E-state index contributed by atoms with van der Waals surface area (Å²) in [7, 11) is 0. The highest BCUT2D eigenvalue weighted by molar-refractivity contribution is 7.99. The standard InChI is InChI=1S/C16H24N2S/c1-2-6-11-18(10-5-1)12-9-17-15-13-19-16-8-4-3-7-14(15)16/h3-4,7-8,15,17H,1-2,5-6,9-13H2. The first-order valence-electron chi connectivity index (χ1n) is 7.61. The van der Waals surface area contributed by atoms with E-state index in [2.05, 4.69) is 34.5 Å². The Labute approximate surface area is 121 Å². The van der Waals surface area contributed by atoms with Crippen molar-refractivity contribution in [2.75, 3.05) is 31.9 Å². The van der Waals surface area contributed by atoms with Crippen LogP contribution in [0.25, 0.3) is 0 Å². The zero-order chi connectivity index (χ0) is 12.9. The molecule has 0 aromatic heterocycles. The summed E-state index contributed by atoms with van der Waals surface area (Å²) < 4.78 is 0. The summed E-state index contributed by atoms with van der Waals surface area (Å²) in [5.41, 5.74) is 1.50. The third kappa shape index (κ3) is 3.53. The van der Waals surface area contributed by atoms with E-state index in [0.717, 1.165) is 6.54 Å². The van der Waals surface area contributed by atoms with Gasteiger partial charge in [0.05, 0.1) is 0 Å². The number of likely N-dealkylation sites (tertiary alicyclic amines) is 1. The number of benzene rings is 1. The fourth-order valence-corrected chi connectivity index (χ4v) is 4.28. The van der Waals surface area contributed by atoms with Crippen LogP contribution in [0.15, 0.2) is 29.2 Å². The second-order valence-electron chi connectivity index (χ2n) is 5.61. The number of fused-ring (bicyclic) bond motifs is 1. The largest absolute Gasteiger partial charge is 0.308 e. The molecule has 1 unspecified atom stereocenters. The molecule has 1 saturated heterocycles. The highest BCUT2D eigenvalue weighted by Crippen LogP contribution is 2.37.